The Kier molecular flexibility index (Phi) is 6.96. The maximum atomic E-state index is 13.5. The van der Waals surface area contributed by atoms with E-state index in [1.165, 1.54) is 24.5 Å². The van der Waals surface area contributed by atoms with Crippen molar-refractivity contribution in [2.24, 2.45) is 0 Å². The van der Waals surface area contributed by atoms with Crippen LogP contribution in [0.5, 0.6) is 0 Å². The number of nitrogens with zero attached hydrogens (tertiary/aromatic N) is 5. The van der Waals surface area contributed by atoms with Gasteiger partial charge in [0.1, 0.15) is 11.4 Å². The Morgan fingerprint density at radius 3 is 2.57 bits per heavy atom. The molecular weight excluding hydrogens is 524 g/mol. The Bertz CT molecular complexity index is 1550. The summed E-state index contributed by atoms with van der Waals surface area (Å²) in [6, 6.07) is 5.39. The van der Waals surface area contributed by atoms with Gasteiger partial charge in [-0.05, 0) is 30.3 Å². The van der Waals surface area contributed by atoms with Gasteiger partial charge in [0.15, 0.2) is 11.5 Å². The van der Waals surface area contributed by atoms with Crippen LogP contribution in [0.2, 0.25) is 5.02 Å². The van der Waals surface area contributed by atoms with E-state index < -0.39 is 41.4 Å². The number of carboxylic acids is 1. The highest BCUT2D eigenvalue weighted by Crippen LogP contribution is 2.31. The zero-order valence-corrected chi connectivity index (χ0v) is 19.1. The summed E-state index contributed by atoms with van der Waals surface area (Å²) in [7, 11) is 0. The molecular formula is C22H15ClF4N6O4. The molecule has 0 fully saturated rings. The Morgan fingerprint density at radius 2 is 1.95 bits per heavy atom. The van der Waals surface area contributed by atoms with Crippen molar-refractivity contribution >= 4 is 29.2 Å². The third-order valence-electron chi connectivity index (χ3n) is 5.01. The van der Waals surface area contributed by atoms with Crippen molar-refractivity contribution in [3.63, 3.8) is 0 Å². The van der Waals surface area contributed by atoms with Crippen molar-refractivity contribution in [3.05, 3.63) is 81.4 Å². The Hall–Kier alpha value is -4.30. The minimum absolute atomic E-state index is 0.0219. The van der Waals surface area contributed by atoms with Crippen LogP contribution in [0.1, 0.15) is 16.1 Å². The molecule has 0 unspecified atom stereocenters. The first kappa shape index (κ1) is 25.8. The first-order valence-electron chi connectivity index (χ1n) is 10.3. The van der Waals surface area contributed by atoms with Gasteiger partial charge >= 0.3 is 12.1 Å². The van der Waals surface area contributed by atoms with Crippen LogP contribution in [0, 0.1) is 5.82 Å². The fraction of sp³-hybridized carbons (Fsp3) is 0.136. The average molecular weight is 539 g/mol. The van der Waals surface area contributed by atoms with Crippen molar-refractivity contribution in [1.29, 1.82) is 0 Å². The number of rotatable bonds is 7. The second-order valence-corrected chi connectivity index (χ2v) is 7.91. The van der Waals surface area contributed by atoms with Crippen molar-refractivity contribution in [1.82, 2.24) is 24.3 Å². The zero-order chi connectivity index (χ0) is 26.9. The molecule has 37 heavy (non-hydrogen) atoms. The molecule has 0 saturated heterocycles. The van der Waals surface area contributed by atoms with Gasteiger partial charge in [-0.1, -0.05) is 11.6 Å². The molecule has 0 amide bonds. The second kappa shape index (κ2) is 9.99. The van der Waals surface area contributed by atoms with E-state index in [4.69, 9.17) is 11.6 Å². The fourth-order valence-corrected chi connectivity index (χ4v) is 3.50. The fourth-order valence-electron chi connectivity index (χ4n) is 3.32. The summed E-state index contributed by atoms with van der Waals surface area (Å²) in [5.41, 5.74) is -2.40. The molecule has 192 valence electrons. The van der Waals surface area contributed by atoms with Gasteiger partial charge in [-0.3, -0.25) is 4.79 Å². The molecule has 4 aromatic rings. The van der Waals surface area contributed by atoms with Crippen LogP contribution in [-0.4, -0.2) is 47.1 Å². The summed E-state index contributed by atoms with van der Waals surface area (Å²) in [5.74, 6) is -2.56. The number of aromatic carboxylic acids is 1. The number of halogens is 5. The molecule has 0 atom stereocenters. The average Bonchev–Trinajstić information content (AvgIpc) is 3.34. The first-order valence-corrected chi connectivity index (χ1v) is 10.7. The van der Waals surface area contributed by atoms with Gasteiger partial charge in [0.2, 0.25) is 5.95 Å². The largest absolute Gasteiger partial charge is 0.477 e. The number of hydrogen-bond donors (Lipinski definition) is 3. The quantitative estimate of drug-likeness (QED) is 0.303. The number of pyridine rings is 1. The van der Waals surface area contributed by atoms with E-state index in [-0.39, 0.29) is 40.1 Å². The van der Waals surface area contributed by atoms with Crippen LogP contribution < -0.4 is 10.9 Å². The molecule has 4 rings (SSSR count). The lowest BCUT2D eigenvalue weighted by molar-refractivity contribution is -0.141. The molecule has 0 aliphatic heterocycles. The summed E-state index contributed by atoms with van der Waals surface area (Å²) < 4.78 is 54.9. The molecule has 15 heteroatoms. The summed E-state index contributed by atoms with van der Waals surface area (Å²) in [4.78, 5) is 32.4. The van der Waals surface area contributed by atoms with Gasteiger partial charge in [0.05, 0.1) is 11.6 Å². The summed E-state index contributed by atoms with van der Waals surface area (Å²) in [5, 5.41) is 24.8. The first-order chi connectivity index (χ1) is 17.5. The van der Waals surface area contributed by atoms with E-state index >= 15 is 0 Å². The topological polar surface area (TPSA) is 135 Å². The molecule has 1 aromatic carbocycles. The minimum atomic E-state index is -4.75. The molecule has 3 aromatic heterocycles. The van der Waals surface area contributed by atoms with Crippen LogP contribution >= 0.6 is 11.6 Å². The number of anilines is 2. The number of aliphatic hydroxyl groups excluding tert-OH is 1. The highest BCUT2D eigenvalue weighted by atomic mass is 35.5. The molecule has 3 N–H and O–H groups in total. The van der Waals surface area contributed by atoms with E-state index in [2.05, 4.69) is 20.4 Å². The molecule has 0 aliphatic rings. The number of carboxylic acid groups (broad SMARTS) is 1. The predicted molar refractivity (Wildman–Crippen MR) is 123 cm³/mol. The van der Waals surface area contributed by atoms with Gasteiger partial charge in [-0.15, -0.1) is 0 Å². The van der Waals surface area contributed by atoms with Crippen LogP contribution in [-0.2, 0) is 12.7 Å². The summed E-state index contributed by atoms with van der Waals surface area (Å²) in [6.07, 6.45) is -1.36. The van der Waals surface area contributed by atoms with Gasteiger partial charge < -0.3 is 20.1 Å². The van der Waals surface area contributed by atoms with Crippen molar-refractivity contribution < 1.29 is 32.6 Å². The van der Waals surface area contributed by atoms with Gasteiger partial charge in [-0.2, -0.15) is 23.3 Å². The third kappa shape index (κ3) is 5.44. The van der Waals surface area contributed by atoms with Crippen molar-refractivity contribution in [2.45, 2.75) is 12.7 Å². The van der Waals surface area contributed by atoms with Crippen LogP contribution in [0.25, 0.3) is 16.9 Å². The Balaban J connectivity index is 1.90. The molecule has 0 spiro atoms. The number of nitrogens with one attached hydrogen (secondary N) is 1. The number of aromatic nitrogens is 5. The van der Waals surface area contributed by atoms with Crippen molar-refractivity contribution in [2.75, 3.05) is 11.9 Å². The number of benzene rings is 1. The third-order valence-corrected chi connectivity index (χ3v) is 5.30. The Labute approximate surface area is 209 Å². The maximum absolute atomic E-state index is 13.5. The highest BCUT2D eigenvalue weighted by Gasteiger charge is 2.34. The van der Waals surface area contributed by atoms with Crippen molar-refractivity contribution in [3.8, 4) is 16.9 Å². The molecule has 0 saturated carbocycles. The van der Waals surface area contributed by atoms with E-state index in [9.17, 15) is 37.4 Å². The van der Waals surface area contributed by atoms with E-state index in [0.717, 1.165) is 27.6 Å². The number of alkyl halides is 3. The lowest BCUT2D eigenvalue weighted by Crippen LogP contribution is -2.27. The molecule has 10 nitrogen and oxygen atoms in total. The summed E-state index contributed by atoms with van der Waals surface area (Å²) >= 11 is 5.78. The smallest absolute Gasteiger partial charge is 0.435 e. The van der Waals surface area contributed by atoms with Gasteiger partial charge in [0, 0.05) is 41.9 Å². The van der Waals surface area contributed by atoms with Crippen LogP contribution in [0.3, 0.4) is 0 Å². The lowest BCUT2D eigenvalue weighted by Gasteiger charge is -2.14. The van der Waals surface area contributed by atoms with Crippen LogP contribution in [0.15, 0.2) is 53.7 Å². The monoisotopic (exact) mass is 538 g/mol. The molecule has 0 bridgehead atoms. The van der Waals surface area contributed by atoms with E-state index in [0.29, 0.717) is 6.07 Å². The second-order valence-electron chi connectivity index (χ2n) is 7.50. The standard InChI is InChI=1S/C22H15ClF4N6O4/c23-15-8-12(1-2-16(15)24)29-21-28-9-14(18(30-21)33-4-3-17(31-33)22(25,26)27)11-7-13(20(36)37)19(35)32(10-11)5-6-34/h1-4,7-10,34H,5-6H2,(H,36,37)(H,28,29,30). The molecule has 0 radical (unpaired) electrons. The van der Waals surface area contributed by atoms with Gasteiger partial charge in [-0.25, -0.2) is 18.9 Å². The molecule has 0 aliphatic carbocycles. The normalized spacial score (nSPS) is 11.5. The van der Waals surface area contributed by atoms with E-state index in [1.54, 1.807) is 0 Å². The number of aliphatic hydroxyl groups is 1. The predicted octanol–water partition coefficient (Wildman–Crippen LogP) is 3.74. The lowest BCUT2D eigenvalue weighted by atomic mass is 10.1. The Morgan fingerprint density at radius 1 is 1.19 bits per heavy atom. The zero-order valence-electron chi connectivity index (χ0n) is 18.4. The van der Waals surface area contributed by atoms with E-state index in [1.807, 2.05) is 0 Å². The molecule has 3 heterocycles. The SMILES string of the molecule is O=C(O)c1cc(-c2cnc(Nc3ccc(F)c(Cl)c3)nc2-n2ccc(C(F)(F)F)n2)cn(CCO)c1=O. The number of hydrogen-bond acceptors (Lipinski definition) is 7. The summed E-state index contributed by atoms with van der Waals surface area (Å²) in [6.45, 7) is -0.725. The van der Waals surface area contributed by atoms with Crippen LogP contribution in [0.4, 0.5) is 29.2 Å². The van der Waals surface area contributed by atoms with Gasteiger partial charge in [0.25, 0.3) is 5.56 Å². The highest BCUT2D eigenvalue weighted by molar-refractivity contribution is 6.31. The minimum Gasteiger partial charge on any atom is -0.477 e. The number of carbonyl (C=O) groups is 1. The maximum Gasteiger partial charge on any atom is 0.435 e.